The number of hydrogen-bond acceptors (Lipinski definition) is 2. The lowest BCUT2D eigenvalue weighted by atomic mass is 9.87. The molecular formula is C19H33NO2S. The lowest BCUT2D eigenvalue weighted by Crippen LogP contribution is -2.29. The van der Waals surface area contributed by atoms with Crippen molar-refractivity contribution in [1.82, 2.24) is 4.31 Å². The summed E-state index contributed by atoms with van der Waals surface area (Å²) in [5.41, 5.74) is 2.58. The van der Waals surface area contributed by atoms with Crippen molar-refractivity contribution in [1.29, 1.82) is 0 Å². The van der Waals surface area contributed by atoms with Gasteiger partial charge >= 0.3 is 0 Å². The zero-order chi connectivity index (χ0) is 17.9. The molecule has 0 amide bonds. The van der Waals surface area contributed by atoms with E-state index in [1.54, 1.807) is 7.05 Å². The van der Waals surface area contributed by atoms with Gasteiger partial charge in [0.15, 0.2) is 0 Å². The zero-order valence-electron chi connectivity index (χ0n) is 15.8. The summed E-state index contributed by atoms with van der Waals surface area (Å²) in [6, 6.07) is 8.24. The van der Waals surface area contributed by atoms with Crippen LogP contribution in [0.3, 0.4) is 0 Å². The standard InChI is InChI=1S/C19H33NO2S/c1-18(2,3)13-8-14-23(21,22)20(7)15-16-9-11-17(12-10-16)19(4,5)6/h9-12H,8,13-15H2,1-7H3. The molecule has 0 aromatic heterocycles. The second kappa shape index (κ2) is 7.35. The second-order valence-electron chi connectivity index (χ2n) is 8.68. The zero-order valence-corrected chi connectivity index (χ0v) is 16.6. The minimum absolute atomic E-state index is 0.115. The van der Waals surface area contributed by atoms with E-state index >= 15 is 0 Å². The molecule has 1 aromatic carbocycles. The van der Waals surface area contributed by atoms with Gasteiger partial charge in [0.2, 0.25) is 10.0 Å². The third-order valence-corrected chi connectivity index (χ3v) is 5.91. The summed E-state index contributed by atoms with van der Waals surface area (Å²) in [6.45, 7) is 13.4. The minimum atomic E-state index is -3.19. The predicted octanol–water partition coefficient (Wildman–Crippen LogP) is 4.57. The Labute approximate surface area is 143 Å². The molecule has 0 aliphatic rings. The van der Waals surface area contributed by atoms with Gasteiger partial charge in [-0.25, -0.2) is 12.7 Å². The molecule has 1 aromatic rings. The molecule has 4 heteroatoms. The maximum Gasteiger partial charge on any atom is 0.214 e. The summed E-state index contributed by atoms with van der Waals surface area (Å²) in [5, 5.41) is 0. The first kappa shape index (κ1) is 20.2. The van der Waals surface area contributed by atoms with Crippen molar-refractivity contribution < 1.29 is 8.42 Å². The van der Waals surface area contributed by atoms with Gasteiger partial charge in [0.25, 0.3) is 0 Å². The minimum Gasteiger partial charge on any atom is -0.212 e. The first-order valence-corrected chi connectivity index (χ1v) is 9.96. The maximum atomic E-state index is 12.4. The molecule has 3 nitrogen and oxygen atoms in total. The van der Waals surface area contributed by atoms with Crippen molar-refractivity contribution in [2.75, 3.05) is 12.8 Å². The summed E-state index contributed by atoms with van der Waals surface area (Å²) in [5.74, 6) is 0.223. The Balaban J connectivity index is 2.65. The molecule has 0 heterocycles. The highest BCUT2D eigenvalue weighted by Crippen LogP contribution is 2.23. The first-order chi connectivity index (χ1) is 10.3. The highest BCUT2D eigenvalue weighted by atomic mass is 32.2. The highest BCUT2D eigenvalue weighted by molar-refractivity contribution is 7.89. The molecular weight excluding hydrogens is 306 g/mol. The summed E-state index contributed by atoms with van der Waals surface area (Å²) in [7, 11) is -1.52. The quantitative estimate of drug-likeness (QED) is 0.761. The topological polar surface area (TPSA) is 37.4 Å². The fourth-order valence-electron chi connectivity index (χ4n) is 2.41. The third-order valence-electron chi connectivity index (χ3n) is 4.03. The average Bonchev–Trinajstić information content (AvgIpc) is 2.36. The summed E-state index contributed by atoms with van der Waals surface area (Å²) in [6.07, 6.45) is 1.62. The van der Waals surface area contributed by atoms with E-state index in [1.807, 2.05) is 12.1 Å². The summed E-state index contributed by atoms with van der Waals surface area (Å²) >= 11 is 0. The van der Waals surface area contributed by atoms with Gasteiger partial charge in [-0.15, -0.1) is 0 Å². The van der Waals surface area contributed by atoms with Gasteiger partial charge in [-0.05, 0) is 34.8 Å². The Bertz CT molecular complexity index is 590. The molecule has 0 saturated carbocycles. The molecule has 0 aliphatic carbocycles. The molecule has 0 unspecified atom stereocenters. The van der Waals surface area contributed by atoms with Gasteiger partial charge in [-0.1, -0.05) is 65.8 Å². The van der Waals surface area contributed by atoms with E-state index in [-0.39, 0.29) is 16.6 Å². The highest BCUT2D eigenvalue weighted by Gasteiger charge is 2.20. The Morgan fingerprint density at radius 1 is 0.957 bits per heavy atom. The van der Waals surface area contributed by atoms with Crippen LogP contribution < -0.4 is 0 Å². The lowest BCUT2D eigenvalue weighted by molar-refractivity contribution is 0.371. The summed E-state index contributed by atoms with van der Waals surface area (Å²) < 4.78 is 26.2. The normalized spacial score (nSPS) is 13.6. The van der Waals surface area contributed by atoms with Crippen LogP contribution in [0.25, 0.3) is 0 Å². The van der Waals surface area contributed by atoms with Crippen LogP contribution in [0.2, 0.25) is 0 Å². The monoisotopic (exact) mass is 339 g/mol. The van der Waals surface area contributed by atoms with Crippen LogP contribution in [0, 0.1) is 5.41 Å². The van der Waals surface area contributed by atoms with Gasteiger partial charge in [0.1, 0.15) is 0 Å². The van der Waals surface area contributed by atoms with E-state index in [1.165, 1.54) is 9.87 Å². The van der Waals surface area contributed by atoms with Crippen molar-refractivity contribution >= 4 is 10.0 Å². The van der Waals surface area contributed by atoms with Crippen LogP contribution in [0.5, 0.6) is 0 Å². The van der Waals surface area contributed by atoms with Gasteiger partial charge in [-0.3, -0.25) is 0 Å². The molecule has 1 rings (SSSR count). The molecule has 23 heavy (non-hydrogen) atoms. The second-order valence-corrected chi connectivity index (χ2v) is 10.9. The first-order valence-electron chi connectivity index (χ1n) is 8.35. The van der Waals surface area contributed by atoms with E-state index in [0.717, 1.165) is 12.0 Å². The molecule has 0 atom stereocenters. The number of hydrogen-bond donors (Lipinski definition) is 0. The van der Waals surface area contributed by atoms with Gasteiger partial charge in [0.05, 0.1) is 5.75 Å². The molecule has 0 aliphatic heterocycles. The van der Waals surface area contributed by atoms with Crippen LogP contribution in [-0.4, -0.2) is 25.5 Å². The molecule has 132 valence electrons. The SMILES string of the molecule is CN(Cc1ccc(C(C)(C)C)cc1)S(=O)(=O)CCCC(C)(C)C. The van der Waals surface area contributed by atoms with Crippen LogP contribution in [-0.2, 0) is 22.0 Å². The lowest BCUT2D eigenvalue weighted by Gasteiger charge is -2.22. The van der Waals surface area contributed by atoms with Crippen molar-refractivity contribution in [3.05, 3.63) is 35.4 Å². The molecule has 0 saturated heterocycles. The number of benzene rings is 1. The van der Waals surface area contributed by atoms with Gasteiger partial charge < -0.3 is 0 Å². The van der Waals surface area contributed by atoms with E-state index in [9.17, 15) is 8.42 Å². The number of nitrogens with zero attached hydrogens (tertiary/aromatic N) is 1. The van der Waals surface area contributed by atoms with E-state index in [0.29, 0.717) is 13.0 Å². The molecule has 0 fully saturated rings. The van der Waals surface area contributed by atoms with Crippen LogP contribution >= 0.6 is 0 Å². The van der Waals surface area contributed by atoms with Crippen molar-refractivity contribution in [3.8, 4) is 0 Å². The predicted molar refractivity (Wildman–Crippen MR) is 99.1 cm³/mol. The fourth-order valence-corrected chi connectivity index (χ4v) is 3.57. The Kier molecular flexibility index (Phi) is 6.45. The third kappa shape index (κ3) is 7.05. The largest absolute Gasteiger partial charge is 0.214 e. The van der Waals surface area contributed by atoms with Crippen LogP contribution in [0.15, 0.2) is 24.3 Å². The Morgan fingerprint density at radius 3 is 1.91 bits per heavy atom. The van der Waals surface area contributed by atoms with Gasteiger partial charge in [0, 0.05) is 13.6 Å². The molecule has 0 bridgehead atoms. The Hall–Kier alpha value is -0.870. The van der Waals surface area contributed by atoms with Crippen molar-refractivity contribution in [3.63, 3.8) is 0 Å². The fraction of sp³-hybridized carbons (Fsp3) is 0.684. The van der Waals surface area contributed by atoms with Gasteiger partial charge in [-0.2, -0.15) is 0 Å². The molecule has 0 radical (unpaired) electrons. The van der Waals surface area contributed by atoms with E-state index in [4.69, 9.17) is 0 Å². The number of sulfonamides is 1. The number of rotatable bonds is 6. The molecule has 0 N–H and O–H groups in total. The van der Waals surface area contributed by atoms with Crippen molar-refractivity contribution in [2.45, 2.75) is 66.3 Å². The van der Waals surface area contributed by atoms with Crippen LogP contribution in [0.1, 0.15) is 65.5 Å². The Morgan fingerprint density at radius 2 is 1.48 bits per heavy atom. The van der Waals surface area contributed by atoms with E-state index < -0.39 is 10.0 Å². The molecule has 0 spiro atoms. The smallest absolute Gasteiger partial charge is 0.212 e. The summed E-state index contributed by atoms with van der Waals surface area (Å²) in [4.78, 5) is 0. The maximum absolute atomic E-state index is 12.4. The van der Waals surface area contributed by atoms with Crippen molar-refractivity contribution in [2.24, 2.45) is 5.41 Å². The average molecular weight is 340 g/mol. The van der Waals surface area contributed by atoms with E-state index in [2.05, 4.69) is 53.7 Å². The van der Waals surface area contributed by atoms with Crippen LogP contribution in [0.4, 0.5) is 0 Å².